The third kappa shape index (κ3) is 3.56. The van der Waals surface area contributed by atoms with Crippen LogP contribution >= 0.6 is 0 Å². The summed E-state index contributed by atoms with van der Waals surface area (Å²) < 4.78 is 0. The van der Waals surface area contributed by atoms with Crippen molar-refractivity contribution in [3.05, 3.63) is 0 Å². The van der Waals surface area contributed by atoms with Crippen molar-refractivity contribution in [1.29, 1.82) is 0 Å². The smallest absolute Gasteiger partial charge is 0.0693 e. The Labute approximate surface area is 87.5 Å². The Morgan fingerprint density at radius 2 is 2.00 bits per heavy atom. The standard InChI is InChI=1S/C11H24N2O/c1-3-13(4-2)9-8-12-10-6-5-7-11(10)14/h10-12,14H,3-9H2,1-2H3/t10-,11-/m1/s1. The molecule has 1 saturated carbocycles. The van der Waals surface area contributed by atoms with E-state index in [2.05, 4.69) is 24.1 Å². The molecule has 1 aliphatic rings. The molecule has 0 aromatic carbocycles. The van der Waals surface area contributed by atoms with Crippen molar-refractivity contribution in [2.24, 2.45) is 0 Å². The lowest BCUT2D eigenvalue weighted by atomic mass is 10.2. The van der Waals surface area contributed by atoms with E-state index in [1.165, 1.54) is 6.42 Å². The van der Waals surface area contributed by atoms with Crippen LogP contribution < -0.4 is 5.32 Å². The second-order valence-corrected chi connectivity index (χ2v) is 4.09. The first-order valence-electron chi connectivity index (χ1n) is 5.91. The summed E-state index contributed by atoms with van der Waals surface area (Å²) in [7, 11) is 0. The summed E-state index contributed by atoms with van der Waals surface area (Å²) in [5, 5.41) is 13.0. The van der Waals surface area contributed by atoms with E-state index in [1.807, 2.05) is 0 Å². The van der Waals surface area contributed by atoms with Crippen LogP contribution in [0.5, 0.6) is 0 Å². The molecule has 3 nitrogen and oxygen atoms in total. The zero-order chi connectivity index (χ0) is 10.4. The summed E-state index contributed by atoms with van der Waals surface area (Å²) in [4.78, 5) is 2.40. The summed E-state index contributed by atoms with van der Waals surface area (Å²) in [6.07, 6.45) is 3.18. The zero-order valence-electron chi connectivity index (χ0n) is 9.50. The van der Waals surface area contributed by atoms with Crippen molar-refractivity contribution in [2.45, 2.75) is 45.3 Å². The molecule has 0 aromatic heterocycles. The number of aliphatic hydroxyl groups excluding tert-OH is 1. The van der Waals surface area contributed by atoms with Crippen LogP contribution in [0.2, 0.25) is 0 Å². The van der Waals surface area contributed by atoms with Crippen molar-refractivity contribution in [1.82, 2.24) is 10.2 Å². The van der Waals surface area contributed by atoms with E-state index in [1.54, 1.807) is 0 Å². The van der Waals surface area contributed by atoms with Crippen LogP contribution in [-0.4, -0.2) is 48.3 Å². The minimum absolute atomic E-state index is 0.105. The number of nitrogens with zero attached hydrogens (tertiary/aromatic N) is 1. The Bertz CT molecular complexity index is 148. The van der Waals surface area contributed by atoms with Gasteiger partial charge in [-0.2, -0.15) is 0 Å². The second-order valence-electron chi connectivity index (χ2n) is 4.09. The van der Waals surface area contributed by atoms with Crippen LogP contribution in [0.25, 0.3) is 0 Å². The minimum atomic E-state index is -0.105. The van der Waals surface area contributed by atoms with Gasteiger partial charge in [0.05, 0.1) is 6.10 Å². The third-order valence-electron chi connectivity index (χ3n) is 3.21. The van der Waals surface area contributed by atoms with Crippen molar-refractivity contribution in [3.63, 3.8) is 0 Å². The SMILES string of the molecule is CCN(CC)CCN[C@@H]1CCC[C@H]1O. The first-order valence-corrected chi connectivity index (χ1v) is 5.91. The number of aliphatic hydroxyl groups is 1. The zero-order valence-corrected chi connectivity index (χ0v) is 9.50. The highest BCUT2D eigenvalue weighted by molar-refractivity contribution is 4.82. The Morgan fingerprint density at radius 3 is 2.50 bits per heavy atom. The van der Waals surface area contributed by atoms with Gasteiger partial charge in [-0.15, -0.1) is 0 Å². The van der Waals surface area contributed by atoms with E-state index >= 15 is 0 Å². The van der Waals surface area contributed by atoms with Gasteiger partial charge in [-0.25, -0.2) is 0 Å². The molecule has 0 heterocycles. The van der Waals surface area contributed by atoms with Crippen LogP contribution in [0, 0.1) is 0 Å². The van der Waals surface area contributed by atoms with Crippen LogP contribution in [0.1, 0.15) is 33.1 Å². The molecular formula is C11H24N2O. The third-order valence-corrected chi connectivity index (χ3v) is 3.21. The van der Waals surface area contributed by atoms with Crippen molar-refractivity contribution < 1.29 is 5.11 Å². The fourth-order valence-corrected chi connectivity index (χ4v) is 2.13. The van der Waals surface area contributed by atoms with E-state index in [-0.39, 0.29) is 6.10 Å². The van der Waals surface area contributed by atoms with E-state index < -0.39 is 0 Å². The minimum Gasteiger partial charge on any atom is -0.392 e. The predicted molar refractivity (Wildman–Crippen MR) is 59.4 cm³/mol. The molecule has 14 heavy (non-hydrogen) atoms. The molecule has 0 spiro atoms. The molecule has 2 atom stereocenters. The van der Waals surface area contributed by atoms with Crippen molar-refractivity contribution in [3.8, 4) is 0 Å². The Hall–Kier alpha value is -0.120. The molecule has 84 valence electrons. The summed E-state index contributed by atoms with van der Waals surface area (Å²) in [5.74, 6) is 0. The lowest BCUT2D eigenvalue weighted by Gasteiger charge is -2.21. The summed E-state index contributed by atoms with van der Waals surface area (Å²) in [6.45, 7) is 8.71. The highest BCUT2D eigenvalue weighted by Crippen LogP contribution is 2.18. The fourth-order valence-electron chi connectivity index (χ4n) is 2.13. The summed E-state index contributed by atoms with van der Waals surface area (Å²) in [6, 6.07) is 0.352. The molecule has 0 radical (unpaired) electrons. The number of likely N-dealkylation sites (N-methyl/N-ethyl adjacent to an activating group) is 1. The van der Waals surface area contributed by atoms with Gasteiger partial charge in [0.15, 0.2) is 0 Å². The van der Waals surface area contributed by atoms with Crippen molar-refractivity contribution >= 4 is 0 Å². The molecule has 1 fully saturated rings. The Morgan fingerprint density at radius 1 is 1.29 bits per heavy atom. The number of hydrogen-bond acceptors (Lipinski definition) is 3. The highest BCUT2D eigenvalue weighted by atomic mass is 16.3. The lowest BCUT2D eigenvalue weighted by molar-refractivity contribution is 0.147. The topological polar surface area (TPSA) is 35.5 Å². The maximum atomic E-state index is 9.59. The monoisotopic (exact) mass is 200 g/mol. The van der Waals surface area contributed by atoms with Gasteiger partial charge in [0.25, 0.3) is 0 Å². The molecule has 0 saturated heterocycles. The molecule has 0 aromatic rings. The van der Waals surface area contributed by atoms with E-state index in [0.29, 0.717) is 6.04 Å². The molecule has 1 rings (SSSR count). The molecule has 1 aliphatic carbocycles. The molecule has 3 heteroatoms. The van der Waals surface area contributed by atoms with E-state index in [0.717, 1.165) is 39.0 Å². The molecule has 2 N–H and O–H groups in total. The number of rotatable bonds is 6. The summed E-state index contributed by atoms with van der Waals surface area (Å²) >= 11 is 0. The van der Waals surface area contributed by atoms with Gasteiger partial charge < -0.3 is 15.3 Å². The molecule has 0 amide bonds. The van der Waals surface area contributed by atoms with Gasteiger partial charge in [-0.1, -0.05) is 13.8 Å². The highest BCUT2D eigenvalue weighted by Gasteiger charge is 2.24. The van der Waals surface area contributed by atoms with Crippen LogP contribution in [0.15, 0.2) is 0 Å². The fraction of sp³-hybridized carbons (Fsp3) is 1.00. The molecule has 0 unspecified atom stereocenters. The number of nitrogens with one attached hydrogen (secondary N) is 1. The van der Waals surface area contributed by atoms with E-state index in [9.17, 15) is 5.11 Å². The van der Waals surface area contributed by atoms with Gasteiger partial charge in [0, 0.05) is 19.1 Å². The lowest BCUT2D eigenvalue weighted by Crippen LogP contribution is -2.40. The average Bonchev–Trinajstić information content (AvgIpc) is 2.59. The molecular weight excluding hydrogens is 176 g/mol. The second kappa shape index (κ2) is 6.38. The van der Waals surface area contributed by atoms with Crippen LogP contribution in [0.4, 0.5) is 0 Å². The van der Waals surface area contributed by atoms with Crippen LogP contribution in [0.3, 0.4) is 0 Å². The first kappa shape index (κ1) is 12.0. The average molecular weight is 200 g/mol. The van der Waals surface area contributed by atoms with Gasteiger partial charge in [0.1, 0.15) is 0 Å². The summed E-state index contributed by atoms with van der Waals surface area (Å²) in [5.41, 5.74) is 0. The molecule has 0 aliphatic heterocycles. The van der Waals surface area contributed by atoms with Gasteiger partial charge in [-0.05, 0) is 32.4 Å². The Kier molecular flexibility index (Phi) is 5.45. The van der Waals surface area contributed by atoms with E-state index in [4.69, 9.17) is 0 Å². The van der Waals surface area contributed by atoms with Gasteiger partial charge in [-0.3, -0.25) is 0 Å². The first-order chi connectivity index (χ1) is 6.77. The normalized spacial score (nSPS) is 27.4. The maximum Gasteiger partial charge on any atom is 0.0693 e. The van der Waals surface area contributed by atoms with Crippen molar-refractivity contribution in [2.75, 3.05) is 26.2 Å². The largest absolute Gasteiger partial charge is 0.392 e. The number of hydrogen-bond donors (Lipinski definition) is 2. The maximum absolute atomic E-state index is 9.59. The quantitative estimate of drug-likeness (QED) is 0.667. The van der Waals surface area contributed by atoms with Gasteiger partial charge >= 0.3 is 0 Å². The molecule has 0 bridgehead atoms. The Balaban J connectivity index is 2.08. The van der Waals surface area contributed by atoms with Crippen LogP contribution in [-0.2, 0) is 0 Å². The predicted octanol–water partition coefficient (Wildman–Crippen LogP) is 0.831. The van der Waals surface area contributed by atoms with Gasteiger partial charge in [0.2, 0.25) is 0 Å².